The smallest absolute Gasteiger partial charge is 0.339 e. The van der Waals surface area contributed by atoms with E-state index in [1.54, 1.807) is 0 Å². The molecular formula is C14H20N2O4. The lowest BCUT2D eigenvalue weighted by molar-refractivity contribution is 0.0694. The molecule has 6 nitrogen and oxygen atoms in total. The van der Waals surface area contributed by atoms with Crippen LogP contribution in [0.2, 0.25) is 0 Å². The summed E-state index contributed by atoms with van der Waals surface area (Å²) in [4.78, 5) is 22.4. The van der Waals surface area contributed by atoms with Crippen molar-refractivity contribution >= 4 is 17.7 Å². The standard InChI is InChI=1S/C14H20N2O4/c1-3-4-5-9(2)15-14(20)16-10-6-7-11(13(18)19)12(17)8-10/h6-9,17H,3-5H2,1-2H3,(H,18,19)(H2,15,16,20). The number of anilines is 1. The van der Waals surface area contributed by atoms with E-state index in [-0.39, 0.29) is 23.4 Å². The molecule has 0 aromatic heterocycles. The number of urea groups is 1. The number of phenols is 1. The van der Waals surface area contributed by atoms with Crippen LogP contribution in [0.15, 0.2) is 18.2 Å². The monoisotopic (exact) mass is 280 g/mol. The normalized spacial score (nSPS) is 11.7. The Morgan fingerprint density at radius 3 is 2.60 bits per heavy atom. The first kappa shape index (κ1) is 15.8. The van der Waals surface area contributed by atoms with Gasteiger partial charge in [-0.2, -0.15) is 0 Å². The van der Waals surface area contributed by atoms with Crippen molar-refractivity contribution < 1.29 is 19.8 Å². The largest absolute Gasteiger partial charge is 0.507 e. The first-order chi connectivity index (χ1) is 9.43. The Morgan fingerprint density at radius 1 is 1.35 bits per heavy atom. The van der Waals surface area contributed by atoms with Crippen LogP contribution in [0.5, 0.6) is 5.75 Å². The number of rotatable bonds is 6. The molecule has 0 aliphatic carbocycles. The van der Waals surface area contributed by atoms with Gasteiger partial charge in [-0.15, -0.1) is 0 Å². The Hall–Kier alpha value is -2.24. The van der Waals surface area contributed by atoms with Crippen molar-refractivity contribution in [2.75, 3.05) is 5.32 Å². The number of amides is 2. The Bertz CT molecular complexity index is 488. The third-order valence-corrected chi connectivity index (χ3v) is 2.85. The van der Waals surface area contributed by atoms with E-state index in [9.17, 15) is 14.7 Å². The Kier molecular flexibility index (Phi) is 5.83. The van der Waals surface area contributed by atoms with Gasteiger partial charge >= 0.3 is 12.0 Å². The highest BCUT2D eigenvalue weighted by Gasteiger charge is 2.11. The number of aromatic hydroxyl groups is 1. The van der Waals surface area contributed by atoms with Crippen LogP contribution in [0.4, 0.5) is 10.5 Å². The second-order valence-electron chi connectivity index (χ2n) is 4.68. The van der Waals surface area contributed by atoms with Gasteiger partial charge in [0, 0.05) is 17.8 Å². The Labute approximate surface area is 117 Å². The van der Waals surface area contributed by atoms with Gasteiger partial charge in [0.15, 0.2) is 0 Å². The molecule has 1 unspecified atom stereocenters. The second kappa shape index (κ2) is 7.37. The lowest BCUT2D eigenvalue weighted by atomic mass is 10.1. The molecule has 1 atom stereocenters. The zero-order valence-electron chi connectivity index (χ0n) is 11.6. The molecule has 0 aliphatic heterocycles. The molecule has 0 aliphatic rings. The van der Waals surface area contributed by atoms with Crippen LogP contribution in [0, 0.1) is 0 Å². The molecule has 4 N–H and O–H groups in total. The van der Waals surface area contributed by atoms with Crippen molar-refractivity contribution in [3.8, 4) is 5.75 Å². The van der Waals surface area contributed by atoms with Crippen molar-refractivity contribution in [2.24, 2.45) is 0 Å². The molecule has 0 bridgehead atoms. The van der Waals surface area contributed by atoms with E-state index < -0.39 is 5.97 Å². The van der Waals surface area contributed by atoms with Gasteiger partial charge in [0.2, 0.25) is 0 Å². The van der Waals surface area contributed by atoms with Crippen LogP contribution in [0.3, 0.4) is 0 Å². The van der Waals surface area contributed by atoms with E-state index in [0.29, 0.717) is 5.69 Å². The lowest BCUT2D eigenvalue weighted by Crippen LogP contribution is -2.36. The predicted octanol–water partition coefficient (Wildman–Crippen LogP) is 2.79. The highest BCUT2D eigenvalue weighted by molar-refractivity contribution is 5.93. The van der Waals surface area contributed by atoms with Gasteiger partial charge in [0.25, 0.3) is 0 Å². The average Bonchev–Trinajstić information content (AvgIpc) is 2.35. The minimum Gasteiger partial charge on any atom is -0.507 e. The summed E-state index contributed by atoms with van der Waals surface area (Å²) in [5, 5.41) is 23.6. The van der Waals surface area contributed by atoms with E-state index in [0.717, 1.165) is 19.3 Å². The number of carbonyl (C=O) groups is 2. The van der Waals surface area contributed by atoms with Gasteiger partial charge < -0.3 is 20.8 Å². The number of carbonyl (C=O) groups excluding carboxylic acids is 1. The topological polar surface area (TPSA) is 98.7 Å². The highest BCUT2D eigenvalue weighted by atomic mass is 16.4. The summed E-state index contributed by atoms with van der Waals surface area (Å²) in [6.45, 7) is 4.00. The van der Waals surface area contributed by atoms with Crippen LogP contribution in [-0.2, 0) is 0 Å². The zero-order chi connectivity index (χ0) is 15.1. The van der Waals surface area contributed by atoms with Gasteiger partial charge in [-0.25, -0.2) is 9.59 Å². The van der Waals surface area contributed by atoms with Crippen LogP contribution in [0.1, 0.15) is 43.5 Å². The predicted molar refractivity (Wildman–Crippen MR) is 76.2 cm³/mol. The fourth-order valence-electron chi connectivity index (χ4n) is 1.76. The molecule has 0 fully saturated rings. The minimum absolute atomic E-state index is 0.0573. The molecule has 1 aromatic carbocycles. The number of benzene rings is 1. The maximum absolute atomic E-state index is 11.7. The quantitative estimate of drug-likeness (QED) is 0.644. The minimum atomic E-state index is -1.22. The first-order valence-electron chi connectivity index (χ1n) is 6.57. The van der Waals surface area contributed by atoms with Gasteiger partial charge in [-0.3, -0.25) is 0 Å². The summed E-state index contributed by atoms with van der Waals surface area (Å²) in [7, 11) is 0. The maximum Gasteiger partial charge on any atom is 0.339 e. The fourth-order valence-corrected chi connectivity index (χ4v) is 1.76. The fraction of sp³-hybridized carbons (Fsp3) is 0.429. The molecule has 1 rings (SSSR count). The van der Waals surface area contributed by atoms with Crippen molar-refractivity contribution in [1.82, 2.24) is 5.32 Å². The van der Waals surface area contributed by atoms with E-state index in [1.165, 1.54) is 18.2 Å². The number of carboxylic acid groups (broad SMARTS) is 1. The molecule has 0 saturated carbocycles. The SMILES string of the molecule is CCCCC(C)NC(=O)Nc1ccc(C(=O)O)c(O)c1. The summed E-state index contributed by atoms with van der Waals surface area (Å²) < 4.78 is 0. The number of hydrogen-bond acceptors (Lipinski definition) is 3. The molecule has 0 saturated heterocycles. The van der Waals surface area contributed by atoms with Crippen LogP contribution >= 0.6 is 0 Å². The van der Waals surface area contributed by atoms with E-state index in [4.69, 9.17) is 5.11 Å². The molecule has 0 heterocycles. The summed E-state index contributed by atoms with van der Waals surface area (Å²) in [6, 6.07) is 3.56. The van der Waals surface area contributed by atoms with Crippen LogP contribution in [0.25, 0.3) is 0 Å². The number of hydrogen-bond donors (Lipinski definition) is 4. The van der Waals surface area contributed by atoms with Gasteiger partial charge in [0.1, 0.15) is 11.3 Å². The van der Waals surface area contributed by atoms with Gasteiger partial charge in [-0.1, -0.05) is 19.8 Å². The average molecular weight is 280 g/mol. The Balaban J connectivity index is 2.58. The third-order valence-electron chi connectivity index (χ3n) is 2.85. The maximum atomic E-state index is 11.7. The third kappa shape index (κ3) is 4.79. The van der Waals surface area contributed by atoms with Crippen molar-refractivity contribution in [3.05, 3.63) is 23.8 Å². The summed E-state index contributed by atoms with van der Waals surface area (Å²) in [5.74, 6) is -1.60. The van der Waals surface area contributed by atoms with E-state index in [1.807, 2.05) is 6.92 Å². The van der Waals surface area contributed by atoms with E-state index in [2.05, 4.69) is 17.6 Å². The molecular weight excluding hydrogens is 260 g/mol. The molecule has 20 heavy (non-hydrogen) atoms. The van der Waals surface area contributed by atoms with Crippen molar-refractivity contribution in [3.63, 3.8) is 0 Å². The molecule has 6 heteroatoms. The summed E-state index contributed by atoms with van der Waals surface area (Å²) in [5.41, 5.74) is 0.139. The number of unbranched alkanes of at least 4 members (excludes halogenated alkanes) is 1. The van der Waals surface area contributed by atoms with Crippen LogP contribution in [-0.4, -0.2) is 28.3 Å². The highest BCUT2D eigenvalue weighted by Crippen LogP contribution is 2.21. The van der Waals surface area contributed by atoms with Crippen molar-refractivity contribution in [2.45, 2.75) is 39.2 Å². The number of aromatic carboxylic acids is 1. The molecule has 110 valence electrons. The van der Waals surface area contributed by atoms with Gasteiger partial charge in [-0.05, 0) is 25.5 Å². The summed E-state index contributed by atoms with van der Waals surface area (Å²) >= 11 is 0. The zero-order valence-corrected chi connectivity index (χ0v) is 11.6. The molecule has 1 aromatic rings. The van der Waals surface area contributed by atoms with Crippen molar-refractivity contribution in [1.29, 1.82) is 0 Å². The van der Waals surface area contributed by atoms with E-state index >= 15 is 0 Å². The lowest BCUT2D eigenvalue weighted by Gasteiger charge is -2.14. The number of carboxylic acids is 1. The second-order valence-corrected chi connectivity index (χ2v) is 4.68. The molecule has 0 radical (unpaired) electrons. The summed E-state index contributed by atoms with van der Waals surface area (Å²) in [6.07, 6.45) is 3.00. The van der Waals surface area contributed by atoms with Gasteiger partial charge in [0.05, 0.1) is 0 Å². The molecule has 0 spiro atoms. The van der Waals surface area contributed by atoms with Crippen LogP contribution < -0.4 is 10.6 Å². The number of nitrogens with one attached hydrogen (secondary N) is 2. The molecule has 2 amide bonds. The Morgan fingerprint density at radius 2 is 2.05 bits per heavy atom. The first-order valence-corrected chi connectivity index (χ1v) is 6.57.